The molecule has 3 rings (SSSR count). The molecule has 0 aliphatic carbocycles. The minimum atomic E-state index is 0.456. The fourth-order valence-corrected chi connectivity index (χ4v) is 3.42. The number of benzene rings is 1. The average Bonchev–Trinajstić information content (AvgIpc) is 2.96. The first-order valence-corrected chi connectivity index (χ1v) is 7.69. The van der Waals surface area contributed by atoms with Crippen molar-refractivity contribution in [3.63, 3.8) is 0 Å². The van der Waals surface area contributed by atoms with Gasteiger partial charge in [-0.15, -0.1) is 0 Å². The number of rotatable bonds is 3. The largest absolute Gasteiger partial charge is 0.364 e. The lowest BCUT2D eigenvalue weighted by atomic mass is 10.0. The van der Waals surface area contributed by atoms with Gasteiger partial charge in [0.25, 0.3) is 0 Å². The van der Waals surface area contributed by atoms with Crippen molar-refractivity contribution in [2.75, 3.05) is 11.4 Å². The van der Waals surface area contributed by atoms with Crippen molar-refractivity contribution in [2.24, 2.45) is 5.73 Å². The quantitative estimate of drug-likeness (QED) is 0.936. The monoisotopic (exact) mass is 281 g/mol. The van der Waals surface area contributed by atoms with Crippen LogP contribution >= 0.6 is 0 Å². The van der Waals surface area contributed by atoms with Crippen LogP contribution in [0.1, 0.15) is 41.4 Å². The Bertz CT molecular complexity index is 622. The topological polar surface area (TPSA) is 42.1 Å². The highest BCUT2D eigenvalue weighted by Gasteiger charge is 2.28. The summed E-state index contributed by atoms with van der Waals surface area (Å²) in [4.78, 5) is 7.08. The molecule has 1 aliphatic rings. The van der Waals surface area contributed by atoms with Crippen molar-refractivity contribution in [1.82, 2.24) is 4.98 Å². The van der Waals surface area contributed by atoms with E-state index in [9.17, 15) is 0 Å². The molecule has 1 unspecified atom stereocenters. The van der Waals surface area contributed by atoms with Crippen LogP contribution < -0.4 is 10.6 Å². The van der Waals surface area contributed by atoms with E-state index >= 15 is 0 Å². The number of nitrogens with zero attached hydrogens (tertiary/aromatic N) is 2. The first kappa shape index (κ1) is 14.1. The van der Waals surface area contributed by atoms with Crippen molar-refractivity contribution >= 4 is 5.69 Å². The zero-order valence-corrected chi connectivity index (χ0v) is 12.8. The molecule has 3 nitrogen and oxygen atoms in total. The lowest BCUT2D eigenvalue weighted by Gasteiger charge is -2.30. The summed E-state index contributed by atoms with van der Waals surface area (Å²) in [5.41, 5.74) is 12.0. The van der Waals surface area contributed by atoms with Gasteiger partial charge in [0, 0.05) is 35.7 Å². The molecule has 0 bridgehead atoms. The van der Waals surface area contributed by atoms with Gasteiger partial charge in [0.05, 0.1) is 6.04 Å². The van der Waals surface area contributed by atoms with E-state index < -0.39 is 0 Å². The third kappa shape index (κ3) is 2.66. The van der Waals surface area contributed by atoms with Crippen LogP contribution in [-0.4, -0.2) is 11.5 Å². The van der Waals surface area contributed by atoms with E-state index in [0.717, 1.165) is 17.9 Å². The number of pyridine rings is 1. The second kappa shape index (κ2) is 5.86. The zero-order chi connectivity index (χ0) is 14.8. The summed E-state index contributed by atoms with van der Waals surface area (Å²) in [6.45, 7) is 5.76. The van der Waals surface area contributed by atoms with Crippen LogP contribution in [0.25, 0.3) is 0 Å². The van der Waals surface area contributed by atoms with Gasteiger partial charge in [-0.3, -0.25) is 4.98 Å². The molecule has 0 amide bonds. The van der Waals surface area contributed by atoms with E-state index in [1.54, 1.807) is 0 Å². The molecule has 0 saturated carbocycles. The number of aromatic nitrogens is 1. The maximum absolute atomic E-state index is 5.99. The van der Waals surface area contributed by atoms with Crippen molar-refractivity contribution in [3.05, 3.63) is 58.9 Å². The molecule has 1 atom stereocenters. The predicted molar refractivity (Wildman–Crippen MR) is 87.4 cm³/mol. The molecule has 3 heteroatoms. The van der Waals surface area contributed by atoms with Gasteiger partial charge < -0.3 is 10.6 Å². The summed E-state index contributed by atoms with van der Waals surface area (Å²) in [6.07, 6.45) is 2.43. The Hall–Kier alpha value is -1.87. The van der Waals surface area contributed by atoms with Gasteiger partial charge in [0.1, 0.15) is 0 Å². The van der Waals surface area contributed by atoms with E-state index in [0.29, 0.717) is 12.6 Å². The van der Waals surface area contributed by atoms with E-state index in [1.807, 2.05) is 0 Å². The first-order chi connectivity index (χ1) is 10.2. The second-order valence-electron chi connectivity index (χ2n) is 5.81. The van der Waals surface area contributed by atoms with Gasteiger partial charge in [0.2, 0.25) is 0 Å². The lowest BCUT2D eigenvalue weighted by Crippen LogP contribution is -2.25. The van der Waals surface area contributed by atoms with E-state index in [4.69, 9.17) is 5.73 Å². The number of hydrogen-bond acceptors (Lipinski definition) is 3. The smallest absolute Gasteiger partial charge is 0.0543 e. The van der Waals surface area contributed by atoms with Gasteiger partial charge in [-0.05, 0) is 38.3 Å². The number of nitrogens with two attached hydrogens (primary N) is 1. The third-order valence-corrected chi connectivity index (χ3v) is 4.39. The summed E-state index contributed by atoms with van der Waals surface area (Å²) < 4.78 is 0. The average molecular weight is 281 g/mol. The Balaban J connectivity index is 2.03. The molecule has 110 valence electrons. The number of anilines is 1. The molecular formula is C18H23N3. The van der Waals surface area contributed by atoms with Gasteiger partial charge in [-0.1, -0.05) is 30.3 Å². The molecular weight excluding hydrogens is 258 g/mol. The third-order valence-electron chi connectivity index (χ3n) is 4.39. The Morgan fingerprint density at radius 1 is 1.24 bits per heavy atom. The zero-order valence-electron chi connectivity index (χ0n) is 12.8. The van der Waals surface area contributed by atoms with Crippen LogP contribution in [0, 0.1) is 13.8 Å². The van der Waals surface area contributed by atoms with Crippen LogP contribution in [-0.2, 0) is 6.54 Å². The Kier molecular flexibility index (Phi) is 3.93. The van der Waals surface area contributed by atoms with Crippen molar-refractivity contribution in [1.29, 1.82) is 0 Å². The normalized spacial score (nSPS) is 18.2. The van der Waals surface area contributed by atoms with E-state index in [2.05, 4.69) is 60.1 Å². The summed E-state index contributed by atoms with van der Waals surface area (Å²) in [7, 11) is 0. The van der Waals surface area contributed by atoms with E-state index in [-0.39, 0.29) is 0 Å². The molecule has 2 aromatic rings. The van der Waals surface area contributed by atoms with E-state index in [1.165, 1.54) is 29.7 Å². The molecule has 0 radical (unpaired) electrons. The highest BCUT2D eigenvalue weighted by atomic mass is 15.2. The highest BCUT2D eigenvalue weighted by Crippen LogP contribution is 2.38. The molecule has 1 aliphatic heterocycles. The molecule has 21 heavy (non-hydrogen) atoms. The van der Waals surface area contributed by atoms with Crippen molar-refractivity contribution in [3.8, 4) is 0 Å². The van der Waals surface area contributed by atoms with Crippen molar-refractivity contribution in [2.45, 2.75) is 39.3 Å². The molecule has 1 fully saturated rings. The fraction of sp³-hybridized carbons (Fsp3) is 0.389. The molecule has 0 spiro atoms. The van der Waals surface area contributed by atoms with Crippen LogP contribution in [0.5, 0.6) is 0 Å². The van der Waals surface area contributed by atoms with Crippen LogP contribution in [0.15, 0.2) is 36.4 Å². The van der Waals surface area contributed by atoms with Gasteiger partial charge in [-0.25, -0.2) is 0 Å². The van der Waals surface area contributed by atoms with Gasteiger partial charge in [0.15, 0.2) is 0 Å². The van der Waals surface area contributed by atoms with Crippen LogP contribution in [0.4, 0.5) is 5.69 Å². The molecule has 2 N–H and O–H groups in total. The Morgan fingerprint density at radius 2 is 2.00 bits per heavy atom. The first-order valence-electron chi connectivity index (χ1n) is 7.69. The summed E-state index contributed by atoms with van der Waals surface area (Å²) >= 11 is 0. The minimum absolute atomic E-state index is 0.456. The minimum Gasteiger partial charge on any atom is -0.364 e. The lowest BCUT2D eigenvalue weighted by molar-refractivity contribution is 0.714. The van der Waals surface area contributed by atoms with Gasteiger partial charge >= 0.3 is 0 Å². The van der Waals surface area contributed by atoms with Crippen molar-refractivity contribution < 1.29 is 0 Å². The Morgan fingerprint density at radius 3 is 2.71 bits per heavy atom. The number of hydrogen-bond donors (Lipinski definition) is 1. The molecule has 1 aromatic carbocycles. The summed E-state index contributed by atoms with van der Waals surface area (Å²) in [6, 6.07) is 13.4. The Labute approximate surface area is 126 Å². The SMILES string of the molecule is Cc1cc(N2CCCC2c2ccccc2)c(CN)c(C)n1. The predicted octanol–water partition coefficient (Wildman–Crippen LogP) is 3.50. The maximum Gasteiger partial charge on any atom is 0.0543 e. The maximum atomic E-state index is 5.99. The highest BCUT2D eigenvalue weighted by molar-refractivity contribution is 5.58. The number of aryl methyl sites for hydroxylation is 2. The summed E-state index contributed by atoms with van der Waals surface area (Å²) in [5, 5.41) is 0. The molecule has 1 saturated heterocycles. The second-order valence-corrected chi connectivity index (χ2v) is 5.81. The summed E-state index contributed by atoms with van der Waals surface area (Å²) in [5.74, 6) is 0. The van der Waals surface area contributed by atoms with Crippen LogP contribution in [0.3, 0.4) is 0 Å². The standard InChI is InChI=1S/C18H23N3/c1-13-11-18(16(12-19)14(2)20-13)21-10-6-9-17(21)15-7-4-3-5-8-15/h3-5,7-8,11,17H,6,9-10,12,19H2,1-2H3. The molecule has 2 heterocycles. The van der Waals surface area contributed by atoms with Gasteiger partial charge in [-0.2, -0.15) is 0 Å². The van der Waals surface area contributed by atoms with Crippen LogP contribution in [0.2, 0.25) is 0 Å². The molecule has 1 aromatic heterocycles. The fourth-order valence-electron chi connectivity index (χ4n) is 3.42.